The Morgan fingerprint density at radius 3 is 2.53 bits per heavy atom. The summed E-state index contributed by atoms with van der Waals surface area (Å²) in [6.07, 6.45) is 3.87. The fourth-order valence-corrected chi connectivity index (χ4v) is 6.01. The topological polar surface area (TPSA) is 88.4 Å². The highest BCUT2D eigenvalue weighted by atomic mass is 35.5. The van der Waals surface area contributed by atoms with Gasteiger partial charge in [0.15, 0.2) is 0 Å². The van der Waals surface area contributed by atoms with Crippen LogP contribution in [0.3, 0.4) is 0 Å². The first-order chi connectivity index (χ1) is 17.5. The number of rotatable bonds is 2. The Bertz CT molecular complexity index is 1630. The Kier molecular flexibility index (Phi) is 4.44. The van der Waals surface area contributed by atoms with Crippen molar-refractivity contribution in [2.24, 2.45) is 11.8 Å². The van der Waals surface area contributed by atoms with Gasteiger partial charge >= 0.3 is 0 Å². The molecule has 2 fully saturated rings. The number of halogens is 1. The highest BCUT2D eigenvalue weighted by Gasteiger charge is 2.64. The number of imide groups is 1. The number of para-hydroxylation sites is 2. The second kappa shape index (κ2) is 7.60. The third kappa shape index (κ3) is 2.79. The first kappa shape index (κ1) is 21.0. The predicted octanol–water partition coefficient (Wildman–Crippen LogP) is 3.81. The Hall–Kier alpha value is -4.30. The molecule has 4 aromatic rings. The minimum Gasteiger partial charge on any atom is -0.351 e. The maximum absolute atomic E-state index is 14.2. The largest absolute Gasteiger partial charge is 0.351 e. The highest BCUT2D eigenvalue weighted by Crippen LogP contribution is 2.49. The van der Waals surface area contributed by atoms with Gasteiger partial charge in [0.1, 0.15) is 11.6 Å². The summed E-state index contributed by atoms with van der Waals surface area (Å²) in [6, 6.07) is 20.1. The van der Waals surface area contributed by atoms with Crippen LogP contribution in [0, 0.1) is 11.8 Å². The van der Waals surface area contributed by atoms with Gasteiger partial charge in [0, 0.05) is 10.7 Å². The molecular formula is C27H18ClN5O3. The molecule has 3 aliphatic rings. The second-order valence-corrected chi connectivity index (χ2v) is 9.57. The van der Waals surface area contributed by atoms with Crippen LogP contribution in [0.15, 0.2) is 78.9 Å². The van der Waals surface area contributed by atoms with Crippen molar-refractivity contribution in [1.29, 1.82) is 0 Å². The average Bonchev–Trinajstić information content (AvgIpc) is 3.55. The van der Waals surface area contributed by atoms with Crippen molar-refractivity contribution in [2.45, 2.75) is 12.1 Å². The molecule has 0 N–H and O–H groups in total. The maximum Gasteiger partial charge on any atom is 0.272 e. The molecule has 176 valence electrons. The smallest absolute Gasteiger partial charge is 0.272 e. The molecular weight excluding hydrogens is 478 g/mol. The number of benzene rings is 3. The van der Waals surface area contributed by atoms with E-state index in [-0.39, 0.29) is 5.91 Å². The zero-order valence-corrected chi connectivity index (χ0v) is 19.5. The fraction of sp³-hybridized carbons (Fsp3) is 0.148. The zero-order valence-electron chi connectivity index (χ0n) is 18.7. The molecule has 0 unspecified atom stereocenters. The Morgan fingerprint density at radius 1 is 0.889 bits per heavy atom. The van der Waals surface area contributed by atoms with Gasteiger partial charge in [-0.3, -0.25) is 14.4 Å². The van der Waals surface area contributed by atoms with Gasteiger partial charge in [0.2, 0.25) is 11.8 Å². The van der Waals surface area contributed by atoms with Crippen molar-refractivity contribution in [2.75, 3.05) is 9.80 Å². The van der Waals surface area contributed by atoms with Crippen molar-refractivity contribution >= 4 is 57.8 Å². The van der Waals surface area contributed by atoms with Crippen LogP contribution in [0.1, 0.15) is 10.4 Å². The summed E-state index contributed by atoms with van der Waals surface area (Å²) in [5, 5.41) is 8.68. The minimum absolute atomic E-state index is 0.343. The van der Waals surface area contributed by atoms with Gasteiger partial charge in [-0.1, -0.05) is 65.4 Å². The number of hydrogen-bond acceptors (Lipinski definition) is 6. The maximum atomic E-state index is 14.2. The van der Waals surface area contributed by atoms with E-state index < -0.39 is 35.7 Å². The summed E-state index contributed by atoms with van der Waals surface area (Å²) in [7, 11) is 0. The van der Waals surface area contributed by atoms with Gasteiger partial charge in [-0.25, -0.2) is 4.90 Å². The molecule has 2 amide bonds. The number of carbonyl (C=O) groups is 3. The lowest BCUT2D eigenvalue weighted by atomic mass is 9.88. The van der Waals surface area contributed by atoms with Gasteiger partial charge < -0.3 is 4.90 Å². The molecule has 4 heterocycles. The Balaban J connectivity index is 1.40. The molecule has 4 atom stereocenters. The summed E-state index contributed by atoms with van der Waals surface area (Å²) in [5.41, 5.74) is 3.24. The monoisotopic (exact) mass is 495 g/mol. The van der Waals surface area contributed by atoms with Gasteiger partial charge in [-0.2, -0.15) is 4.68 Å². The van der Waals surface area contributed by atoms with E-state index in [1.807, 2.05) is 47.4 Å². The van der Waals surface area contributed by atoms with E-state index in [9.17, 15) is 14.4 Å². The predicted molar refractivity (Wildman–Crippen MR) is 135 cm³/mol. The van der Waals surface area contributed by atoms with Gasteiger partial charge in [0.05, 0.1) is 29.1 Å². The van der Waals surface area contributed by atoms with E-state index in [1.54, 1.807) is 42.5 Å². The van der Waals surface area contributed by atoms with Crippen molar-refractivity contribution in [3.8, 4) is 0 Å². The van der Waals surface area contributed by atoms with Crippen LogP contribution >= 0.6 is 11.6 Å². The van der Waals surface area contributed by atoms with E-state index in [0.717, 1.165) is 11.3 Å². The lowest BCUT2D eigenvalue weighted by Gasteiger charge is -2.36. The van der Waals surface area contributed by atoms with Crippen molar-refractivity contribution in [1.82, 2.24) is 15.0 Å². The molecule has 1 aromatic heterocycles. The quantitative estimate of drug-likeness (QED) is 0.393. The van der Waals surface area contributed by atoms with Crippen LogP contribution in [-0.2, 0) is 9.59 Å². The van der Waals surface area contributed by atoms with Crippen molar-refractivity contribution < 1.29 is 14.4 Å². The summed E-state index contributed by atoms with van der Waals surface area (Å²) in [4.78, 5) is 45.0. The van der Waals surface area contributed by atoms with E-state index in [2.05, 4.69) is 10.3 Å². The SMILES string of the molecule is O=C1[C@@H]2[C@H](C(=O)N1c1cccc(Cl)c1)[C@H](C(=O)n1nnc3ccccc31)N1c3ccccc3C=C[C@H]21. The van der Waals surface area contributed by atoms with E-state index >= 15 is 0 Å². The summed E-state index contributed by atoms with van der Waals surface area (Å²) < 4.78 is 1.25. The molecule has 0 aliphatic carbocycles. The number of aromatic nitrogens is 3. The fourth-order valence-electron chi connectivity index (χ4n) is 5.82. The highest BCUT2D eigenvalue weighted by molar-refractivity contribution is 6.31. The van der Waals surface area contributed by atoms with E-state index in [4.69, 9.17) is 11.6 Å². The van der Waals surface area contributed by atoms with Crippen LogP contribution in [0.25, 0.3) is 17.1 Å². The molecule has 0 bridgehead atoms. The first-order valence-electron chi connectivity index (χ1n) is 11.6. The van der Waals surface area contributed by atoms with Crippen molar-refractivity contribution in [3.05, 3.63) is 89.5 Å². The Labute approximate surface area is 210 Å². The molecule has 0 spiro atoms. The van der Waals surface area contributed by atoms with Gasteiger partial charge in [0.25, 0.3) is 5.91 Å². The number of hydrogen-bond donors (Lipinski definition) is 0. The first-order valence-corrected chi connectivity index (χ1v) is 12.0. The van der Waals surface area contributed by atoms with E-state index in [0.29, 0.717) is 21.7 Å². The number of nitrogens with zero attached hydrogens (tertiary/aromatic N) is 5. The molecule has 0 radical (unpaired) electrons. The van der Waals surface area contributed by atoms with Crippen molar-refractivity contribution in [3.63, 3.8) is 0 Å². The average molecular weight is 496 g/mol. The number of amides is 2. The van der Waals surface area contributed by atoms with Gasteiger partial charge in [-0.15, -0.1) is 5.10 Å². The van der Waals surface area contributed by atoms with Crippen LogP contribution in [0.5, 0.6) is 0 Å². The molecule has 7 rings (SSSR count). The summed E-state index contributed by atoms with van der Waals surface area (Å²) in [6.45, 7) is 0. The van der Waals surface area contributed by atoms with Crippen LogP contribution < -0.4 is 9.80 Å². The number of carbonyl (C=O) groups excluding carboxylic acids is 3. The number of anilines is 2. The third-order valence-corrected chi connectivity index (χ3v) is 7.53. The zero-order chi connectivity index (χ0) is 24.6. The molecule has 2 saturated heterocycles. The molecule has 3 aliphatic heterocycles. The Morgan fingerprint density at radius 2 is 1.67 bits per heavy atom. The third-order valence-electron chi connectivity index (χ3n) is 7.29. The summed E-state index contributed by atoms with van der Waals surface area (Å²) >= 11 is 6.17. The normalized spacial score (nSPS) is 24.2. The second-order valence-electron chi connectivity index (χ2n) is 9.13. The van der Waals surface area contributed by atoms with Gasteiger partial charge in [-0.05, 0) is 42.0 Å². The molecule has 3 aromatic carbocycles. The van der Waals surface area contributed by atoms with Crippen LogP contribution in [-0.4, -0.2) is 44.8 Å². The molecule has 9 heteroatoms. The molecule has 36 heavy (non-hydrogen) atoms. The van der Waals surface area contributed by atoms with Crippen LogP contribution in [0.2, 0.25) is 5.02 Å². The molecule has 0 saturated carbocycles. The lowest BCUT2D eigenvalue weighted by molar-refractivity contribution is -0.122. The number of fused-ring (bicyclic) bond motifs is 6. The standard InChI is InChI=1S/C27H18ClN5O3/c28-16-7-5-8-17(14-16)31-25(34)22-21-13-12-15-6-1-3-10-19(15)32(21)24(23(22)26(31)35)27(36)33-20-11-4-2-9-18(20)29-30-33/h1-14,21-24H/t21-,22+,23+,24-/m1/s1. The van der Waals surface area contributed by atoms with Crippen LogP contribution in [0.4, 0.5) is 11.4 Å². The lowest BCUT2D eigenvalue weighted by Crippen LogP contribution is -2.50. The molecule has 8 nitrogen and oxygen atoms in total. The minimum atomic E-state index is -0.947. The summed E-state index contributed by atoms with van der Waals surface area (Å²) in [5.74, 6) is -2.79. The van der Waals surface area contributed by atoms with E-state index in [1.165, 1.54) is 9.58 Å².